The minimum Gasteiger partial charge on any atom is -0.494 e. The summed E-state index contributed by atoms with van der Waals surface area (Å²) in [5.41, 5.74) is 1.01. The number of rotatable bonds is 9. The Hall–Kier alpha value is -1.87. The topological polar surface area (TPSA) is 97.7 Å². The summed E-state index contributed by atoms with van der Waals surface area (Å²) in [6.45, 7) is 2.75. The van der Waals surface area contributed by atoms with Crippen molar-refractivity contribution in [3.8, 4) is 5.75 Å². The molecule has 8 heteroatoms. The third-order valence-electron chi connectivity index (χ3n) is 5.31. The average molecular weight is 409 g/mol. The molecule has 1 aromatic carbocycles. The van der Waals surface area contributed by atoms with Crippen molar-refractivity contribution in [1.29, 1.82) is 0 Å². The zero-order chi connectivity index (χ0) is 20.5. The Labute approximate surface area is 171 Å². The highest BCUT2D eigenvalue weighted by atomic mass is 16.8. The Balaban J connectivity index is 1.33. The number of ether oxygens (including phenoxy) is 3. The van der Waals surface area contributed by atoms with Gasteiger partial charge < -0.3 is 29.3 Å². The number of piperidine rings is 1. The van der Waals surface area contributed by atoms with Crippen LogP contribution in [0.4, 0.5) is 4.79 Å². The molecular formula is C21H31NO7. The van der Waals surface area contributed by atoms with Crippen molar-refractivity contribution in [3.05, 3.63) is 29.8 Å². The fourth-order valence-corrected chi connectivity index (χ4v) is 3.75. The first-order valence-electron chi connectivity index (χ1n) is 10.4. The minimum absolute atomic E-state index is 0.0323. The largest absolute Gasteiger partial charge is 0.525 e. The Morgan fingerprint density at radius 2 is 1.93 bits per heavy atom. The summed E-state index contributed by atoms with van der Waals surface area (Å²) in [6, 6.07) is 7.74. The van der Waals surface area contributed by atoms with Crippen LogP contribution in [0.2, 0.25) is 0 Å². The van der Waals surface area contributed by atoms with E-state index in [9.17, 15) is 9.90 Å². The number of aliphatic hydroxyl groups is 1. The molecule has 1 aromatic rings. The molecule has 0 radical (unpaired) electrons. The van der Waals surface area contributed by atoms with Crippen LogP contribution in [-0.2, 0) is 14.3 Å². The quantitative estimate of drug-likeness (QED) is 0.601. The predicted molar refractivity (Wildman–Crippen MR) is 105 cm³/mol. The first kappa shape index (κ1) is 21.8. The molecule has 0 saturated carbocycles. The highest BCUT2D eigenvalue weighted by molar-refractivity contribution is 5.56. The fraction of sp³-hybridized carbons (Fsp3) is 0.667. The summed E-state index contributed by atoms with van der Waals surface area (Å²) in [4.78, 5) is 15.2. The molecule has 0 amide bonds. The first-order valence-corrected chi connectivity index (χ1v) is 10.4. The molecule has 0 spiro atoms. The number of hydrogen-bond acceptors (Lipinski definition) is 7. The van der Waals surface area contributed by atoms with Gasteiger partial charge in [-0.2, -0.15) is 0 Å². The van der Waals surface area contributed by atoms with E-state index in [0.29, 0.717) is 26.2 Å². The molecule has 0 bridgehead atoms. The number of aliphatic hydroxyl groups excluding tert-OH is 1. The second-order valence-electron chi connectivity index (χ2n) is 7.50. The number of carbonyl (C=O) groups is 1. The third kappa shape index (κ3) is 7.15. The molecule has 29 heavy (non-hydrogen) atoms. The second kappa shape index (κ2) is 11.3. The first-order chi connectivity index (χ1) is 14.1. The molecule has 2 fully saturated rings. The average Bonchev–Trinajstić information content (AvgIpc) is 2.72. The van der Waals surface area contributed by atoms with Gasteiger partial charge in [0.1, 0.15) is 5.75 Å². The van der Waals surface area contributed by atoms with Crippen molar-refractivity contribution < 1.29 is 34.1 Å². The van der Waals surface area contributed by atoms with Crippen LogP contribution in [0.15, 0.2) is 24.3 Å². The molecule has 2 saturated heterocycles. The van der Waals surface area contributed by atoms with Crippen LogP contribution in [0, 0.1) is 0 Å². The smallest absolute Gasteiger partial charge is 0.494 e. The third-order valence-corrected chi connectivity index (χ3v) is 5.31. The van der Waals surface area contributed by atoms with Gasteiger partial charge in [-0.05, 0) is 56.2 Å². The highest BCUT2D eigenvalue weighted by Crippen LogP contribution is 2.29. The van der Waals surface area contributed by atoms with Crippen molar-refractivity contribution >= 4 is 6.16 Å². The molecule has 2 aliphatic rings. The normalized spacial score (nSPS) is 25.5. The molecule has 162 valence electrons. The summed E-state index contributed by atoms with van der Waals surface area (Å²) in [6.07, 6.45) is 3.70. The van der Waals surface area contributed by atoms with Crippen LogP contribution in [0.1, 0.15) is 50.0 Å². The van der Waals surface area contributed by atoms with Gasteiger partial charge in [0.05, 0.1) is 19.3 Å². The number of unbranched alkanes of at least 4 members (excludes halogenated alkanes) is 1. The molecule has 8 nitrogen and oxygen atoms in total. The lowest BCUT2D eigenvalue weighted by Gasteiger charge is -2.34. The maximum absolute atomic E-state index is 10.6. The lowest BCUT2D eigenvalue weighted by molar-refractivity contribution is -0.162. The van der Waals surface area contributed by atoms with Gasteiger partial charge in [0.15, 0.2) is 6.29 Å². The van der Waals surface area contributed by atoms with Crippen LogP contribution in [0.3, 0.4) is 0 Å². The van der Waals surface area contributed by atoms with E-state index in [2.05, 4.69) is 4.84 Å². The van der Waals surface area contributed by atoms with Crippen molar-refractivity contribution in [2.24, 2.45) is 0 Å². The van der Waals surface area contributed by atoms with E-state index in [-0.39, 0.29) is 18.8 Å². The van der Waals surface area contributed by atoms with Gasteiger partial charge in [0.2, 0.25) is 0 Å². The van der Waals surface area contributed by atoms with Crippen molar-refractivity contribution in [2.75, 3.05) is 32.9 Å². The van der Waals surface area contributed by atoms with Crippen molar-refractivity contribution in [1.82, 2.24) is 5.06 Å². The molecule has 3 unspecified atom stereocenters. The summed E-state index contributed by atoms with van der Waals surface area (Å²) in [5, 5.41) is 20.3. The van der Waals surface area contributed by atoms with Gasteiger partial charge in [0.25, 0.3) is 0 Å². The molecule has 3 rings (SSSR count). The van der Waals surface area contributed by atoms with E-state index in [0.717, 1.165) is 43.6 Å². The van der Waals surface area contributed by atoms with E-state index < -0.39 is 12.3 Å². The van der Waals surface area contributed by atoms with E-state index in [1.165, 1.54) is 11.5 Å². The lowest BCUT2D eigenvalue weighted by Crippen LogP contribution is -2.43. The van der Waals surface area contributed by atoms with Crippen LogP contribution >= 0.6 is 0 Å². The number of hydroxylamine groups is 2. The summed E-state index contributed by atoms with van der Waals surface area (Å²) < 4.78 is 17.0. The Morgan fingerprint density at radius 3 is 2.62 bits per heavy atom. The molecule has 2 heterocycles. The molecule has 3 atom stereocenters. The zero-order valence-corrected chi connectivity index (χ0v) is 16.7. The number of nitrogens with zero attached hydrogens (tertiary/aromatic N) is 1. The Bertz CT molecular complexity index is 618. The summed E-state index contributed by atoms with van der Waals surface area (Å²) >= 11 is 0. The summed E-state index contributed by atoms with van der Waals surface area (Å²) in [7, 11) is 0. The van der Waals surface area contributed by atoms with Crippen LogP contribution in [-0.4, -0.2) is 66.7 Å². The van der Waals surface area contributed by atoms with Crippen molar-refractivity contribution in [3.63, 3.8) is 0 Å². The van der Waals surface area contributed by atoms with Gasteiger partial charge >= 0.3 is 6.16 Å². The lowest BCUT2D eigenvalue weighted by atomic mass is 9.88. The van der Waals surface area contributed by atoms with Gasteiger partial charge in [-0.1, -0.05) is 12.1 Å². The predicted octanol–water partition coefficient (Wildman–Crippen LogP) is 3.15. The monoisotopic (exact) mass is 409 g/mol. The summed E-state index contributed by atoms with van der Waals surface area (Å²) in [5.74, 6) is 0.753. The number of benzene rings is 1. The zero-order valence-electron chi connectivity index (χ0n) is 16.7. The molecular weight excluding hydrogens is 378 g/mol. The standard InChI is InChI=1S/C21H31NO7/c23-19-15-22(29-21(24)25)11-10-18(19)16-6-8-17(9-7-16)26-12-3-4-14-28-20-5-1-2-13-27-20/h6-9,18-20,23H,1-5,10-15H2,(H,24,25). The second-order valence-corrected chi connectivity index (χ2v) is 7.50. The number of carboxylic acid groups (broad SMARTS) is 1. The van der Waals surface area contributed by atoms with E-state index >= 15 is 0 Å². The number of β-amino-alcohol motifs (C(OH)–C–C–N with tert-alkyl or cyclic N) is 1. The minimum atomic E-state index is -1.36. The molecule has 2 aliphatic heterocycles. The number of hydrogen-bond donors (Lipinski definition) is 2. The maximum atomic E-state index is 10.6. The van der Waals surface area contributed by atoms with Gasteiger partial charge in [-0.3, -0.25) is 0 Å². The molecule has 0 aromatic heterocycles. The van der Waals surface area contributed by atoms with Crippen LogP contribution in [0.5, 0.6) is 5.75 Å². The van der Waals surface area contributed by atoms with E-state index in [1.807, 2.05) is 24.3 Å². The Kier molecular flexibility index (Phi) is 8.54. The van der Waals surface area contributed by atoms with Crippen LogP contribution < -0.4 is 4.74 Å². The Morgan fingerprint density at radius 1 is 1.14 bits per heavy atom. The van der Waals surface area contributed by atoms with Crippen LogP contribution in [0.25, 0.3) is 0 Å². The van der Waals surface area contributed by atoms with Gasteiger partial charge in [-0.15, -0.1) is 5.06 Å². The molecule has 2 N–H and O–H groups in total. The van der Waals surface area contributed by atoms with E-state index in [1.54, 1.807) is 0 Å². The van der Waals surface area contributed by atoms with E-state index in [4.69, 9.17) is 19.3 Å². The highest BCUT2D eigenvalue weighted by Gasteiger charge is 2.30. The SMILES string of the molecule is O=C(O)ON1CCC(c2ccc(OCCCCOC3CCCCO3)cc2)C(O)C1. The van der Waals surface area contributed by atoms with Gasteiger partial charge in [0, 0.05) is 25.7 Å². The van der Waals surface area contributed by atoms with Crippen molar-refractivity contribution in [2.45, 2.75) is 56.8 Å². The maximum Gasteiger partial charge on any atom is 0.525 e. The fourth-order valence-electron chi connectivity index (χ4n) is 3.75. The van der Waals surface area contributed by atoms with Gasteiger partial charge in [-0.25, -0.2) is 4.79 Å². The molecule has 0 aliphatic carbocycles.